The first kappa shape index (κ1) is 15.5. The molecule has 2 aliphatic rings. The number of amides is 2. The maximum Gasteiger partial charge on any atom is 0.269 e. The molecule has 2 amide bonds. The molecule has 25 heavy (non-hydrogen) atoms. The maximum atomic E-state index is 12.4. The molecule has 128 valence electrons. The third-order valence-electron chi connectivity index (χ3n) is 4.32. The minimum atomic E-state index is -0.699. The first-order chi connectivity index (χ1) is 12.2. The van der Waals surface area contributed by atoms with E-state index in [1.807, 2.05) is 30.3 Å². The Morgan fingerprint density at radius 1 is 1.08 bits per heavy atom. The monoisotopic (exact) mass is 338 g/mol. The van der Waals surface area contributed by atoms with Crippen LogP contribution >= 0.6 is 0 Å². The predicted molar refractivity (Wildman–Crippen MR) is 93.0 cm³/mol. The van der Waals surface area contributed by atoms with Gasteiger partial charge in [-0.3, -0.25) is 9.59 Å². The molecule has 1 unspecified atom stereocenters. The summed E-state index contributed by atoms with van der Waals surface area (Å²) in [6.45, 7) is 0.917. The van der Waals surface area contributed by atoms with E-state index in [2.05, 4.69) is 5.32 Å². The number of benzene rings is 2. The van der Waals surface area contributed by atoms with Gasteiger partial charge in [-0.25, -0.2) is 0 Å². The summed E-state index contributed by atoms with van der Waals surface area (Å²) in [7, 11) is 0. The van der Waals surface area contributed by atoms with Crippen LogP contribution in [0.3, 0.4) is 0 Å². The molecule has 2 aromatic rings. The molecule has 1 fully saturated rings. The Kier molecular flexibility index (Phi) is 4.01. The summed E-state index contributed by atoms with van der Waals surface area (Å²) in [4.78, 5) is 25.9. The molecular weight excluding hydrogens is 320 g/mol. The average Bonchev–Trinajstić information content (AvgIpc) is 3.08. The second kappa shape index (κ2) is 6.47. The highest BCUT2D eigenvalue weighted by molar-refractivity contribution is 5.97. The Morgan fingerprint density at radius 3 is 2.56 bits per heavy atom. The topological polar surface area (TPSA) is 67.9 Å². The number of anilines is 2. The first-order valence-corrected chi connectivity index (χ1v) is 8.30. The lowest BCUT2D eigenvalue weighted by molar-refractivity contribution is -0.125. The van der Waals surface area contributed by atoms with Crippen molar-refractivity contribution in [3.8, 4) is 11.5 Å². The number of fused-ring (bicyclic) bond motifs is 1. The third kappa shape index (κ3) is 3.15. The molecule has 0 bridgehead atoms. The average molecular weight is 338 g/mol. The molecule has 1 N–H and O–H groups in total. The van der Waals surface area contributed by atoms with Gasteiger partial charge in [0.15, 0.2) is 11.5 Å². The van der Waals surface area contributed by atoms with Gasteiger partial charge in [-0.1, -0.05) is 12.1 Å². The predicted octanol–water partition coefficient (Wildman–Crippen LogP) is 2.59. The number of carbonyl (C=O) groups is 2. The molecule has 0 aliphatic carbocycles. The fraction of sp³-hybridized carbons (Fsp3) is 0.263. The summed E-state index contributed by atoms with van der Waals surface area (Å²) in [5.41, 5.74) is 1.51. The molecule has 6 heteroatoms. The van der Waals surface area contributed by atoms with Crippen molar-refractivity contribution in [3.05, 3.63) is 48.5 Å². The SMILES string of the molecule is O=C(Nc1ccc(N2CCCC2=O)cc1)C1COc2ccccc2O1. The van der Waals surface area contributed by atoms with Crippen molar-refractivity contribution in [2.75, 3.05) is 23.4 Å². The van der Waals surface area contributed by atoms with E-state index in [4.69, 9.17) is 9.47 Å². The zero-order valence-electron chi connectivity index (χ0n) is 13.6. The molecule has 0 spiro atoms. The van der Waals surface area contributed by atoms with Crippen LogP contribution in [-0.2, 0) is 9.59 Å². The Hall–Kier alpha value is -3.02. The van der Waals surface area contributed by atoms with Gasteiger partial charge in [-0.2, -0.15) is 0 Å². The van der Waals surface area contributed by atoms with Crippen molar-refractivity contribution in [3.63, 3.8) is 0 Å². The summed E-state index contributed by atoms with van der Waals surface area (Å²) >= 11 is 0. The first-order valence-electron chi connectivity index (χ1n) is 8.30. The lowest BCUT2D eigenvalue weighted by Crippen LogP contribution is -2.40. The van der Waals surface area contributed by atoms with E-state index in [1.54, 1.807) is 23.1 Å². The third-order valence-corrected chi connectivity index (χ3v) is 4.32. The number of para-hydroxylation sites is 2. The van der Waals surface area contributed by atoms with Crippen molar-refractivity contribution < 1.29 is 19.1 Å². The van der Waals surface area contributed by atoms with Gasteiger partial charge in [-0.15, -0.1) is 0 Å². The summed E-state index contributed by atoms with van der Waals surface area (Å²) in [5.74, 6) is 1.09. The highest BCUT2D eigenvalue weighted by Crippen LogP contribution is 2.31. The lowest BCUT2D eigenvalue weighted by atomic mass is 10.2. The van der Waals surface area contributed by atoms with Crippen molar-refractivity contribution in [2.24, 2.45) is 0 Å². The summed E-state index contributed by atoms with van der Waals surface area (Å²) in [6, 6.07) is 14.5. The van der Waals surface area contributed by atoms with Gasteiger partial charge in [0.2, 0.25) is 12.0 Å². The zero-order chi connectivity index (χ0) is 17.2. The lowest BCUT2D eigenvalue weighted by Gasteiger charge is -2.25. The summed E-state index contributed by atoms with van der Waals surface area (Å²) in [5, 5.41) is 2.82. The van der Waals surface area contributed by atoms with Crippen LogP contribution in [0, 0.1) is 0 Å². The van der Waals surface area contributed by atoms with Crippen molar-refractivity contribution in [2.45, 2.75) is 18.9 Å². The van der Waals surface area contributed by atoms with Gasteiger partial charge in [0.25, 0.3) is 5.91 Å². The molecule has 2 aromatic carbocycles. The van der Waals surface area contributed by atoms with Crippen LogP contribution < -0.4 is 19.7 Å². The van der Waals surface area contributed by atoms with Crippen LogP contribution in [-0.4, -0.2) is 31.1 Å². The number of carbonyl (C=O) groups excluding carboxylic acids is 2. The molecule has 1 atom stereocenters. The largest absolute Gasteiger partial charge is 0.485 e. The minimum Gasteiger partial charge on any atom is -0.485 e. The van der Waals surface area contributed by atoms with Gasteiger partial charge in [0.1, 0.15) is 6.61 Å². The van der Waals surface area contributed by atoms with Crippen molar-refractivity contribution in [1.29, 1.82) is 0 Å². The summed E-state index contributed by atoms with van der Waals surface area (Å²) < 4.78 is 11.3. The van der Waals surface area contributed by atoms with Crippen LogP contribution in [0.25, 0.3) is 0 Å². The van der Waals surface area contributed by atoms with E-state index in [-0.39, 0.29) is 18.4 Å². The number of nitrogens with one attached hydrogen (secondary N) is 1. The number of hydrogen-bond acceptors (Lipinski definition) is 4. The van der Waals surface area contributed by atoms with Gasteiger partial charge in [-0.05, 0) is 42.8 Å². The molecular formula is C19H18N2O4. The molecule has 4 rings (SSSR count). The summed E-state index contributed by atoms with van der Waals surface area (Å²) in [6.07, 6.45) is 0.784. The quantitative estimate of drug-likeness (QED) is 0.934. The second-order valence-electron chi connectivity index (χ2n) is 6.05. The van der Waals surface area contributed by atoms with Crippen LogP contribution in [0.15, 0.2) is 48.5 Å². The maximum absolute atomic E-state index is 12.4. The normalized spacial score (nSPS) is 19.0. The van der Waals surface area contributed by atoms with E-state index >= 15 is 0 Å². The number of hydrogen-bond donors (Lipinski definition) is 1. The van der Waals surface area contributed by atoms with Crippen molar-refractivity contribution in [1.82, 2.24) is 0 Å². The molecule has 2 aliphatic heterocycles. The number of ether oxygens (including phenoxy) is 2. The van der Waals surface area contributed by atoms with Gasteiger partial charge >= 0.3 is 0 Å². The van der Waals surface area contributed by atoms with E-state index in [1.165, 1.54) is 0 Å². The molecule has 0 saturated carbocycles. The van der Waals surface area contributed by atoms with Gasteiger partial charge in [0, 0.05) is 24.3 Å². The van der Waals surface area contributed by atoms with Gasteiger partial charge < -0.3 is 19.7 Å². The van der Waals surface area contributed by atoms with E-state index in [9.17, 15) is 9.59 Å². The molecule has 1 saturated heterocycles. The number of rotatable bonds is 3. The van der Waals surface area contributed by atoms with E-state index in [0.29, 0.717) is 23.6 Å². The standard InChI is InChI=1S/C19H18N2O4/c22-18-6-3-11-21(18)14-9-7-13(8-10-14)20-19(23)17-12-24-15-4-1-2-5-16(15)25-17/h1-2,4-5,7-10,17H,3,6,11-12H2,(H,20,23). The fourth-order valence-corrected chi connectivity index (χ4v) is 3.02. The minimum absolute atomic E-state index is 0.142. The Labute approximate surface area is 145 Å². The Morgan fingerprint density at radius 2 is 1.84 bits per heavy atom. The van der Waals surface area contributed by atoms with Crippen LogP contribution in [0.2, 0.25) is 0 Å². The van der Waals surface area contributed by atoms with Crippen LogP contribution in [0.4, 0.5) is 11.4 Å². The van der Waals surface area contributed by atoms with Crippen LogP contribution in [0.5, 0.6) is 11.5 Å². The van der Waals surface area contributed by atoms with E-state index in [0.717, 1.165) is 18.7 Å². The van der Waals surface area contributed by atoms with E-state index < -0.39 is 6.10 Å². The Balaban J connectivity index is 1.40. The fourth-order valence-electron chi connectivity index (χ4n) is 3.02. The molecule has 2 heterocycles. The number of nitrogens with zero attached hydrogens (tertiary/aromatic N) is 1. The van der Waals surface area contributed by atoms with Crippen LogP contribution in [0.1, 0.15) is 12.8 Å². The highest BCUT2D eigenvalue weighted by Gasteiger charge is 2.27. The van der Waals surface area contributed by atoms with Gasteiger partial charge in [0.05, 0.1) is 0 Å². The molecule has 0 radical (unpaired) electrons. The zero-order valence-corrected chi connectivity index (χ0v) is 13.6. The second-order valence-corrected chi connectivity index (χ2v) is 6.05. The molecule has 6 nitrogen and oxygen atoms in total. The Bertz CT molecular complexity index is 803. The van der Waals surface area contributed by atoms with Crippen molar-refractivity contribution >= 4 is 23.2 Å². The highest BCUT2D eigenvalue weighted by atomic mass is 16.6. The molecule has 0 aromatic heterocycles. The smallest absolute Gasteiger partial charge is 0.269 e.